The highest BCUT2D eigenvalue weighted by Crippen LogP contribution is 2.31. The minimum Gasteiger partial charge on any atom is -0.495 e. The van der Waals surface area contributed by atoms with Crippen LogP contribution in [0.25, 0.3) is 6.08 Å². The van der Waals surface area contributed by atoms with E-state index in [0.29, 0.717) is 17.8 Å². The number of piperazine rings is 1. The molecule has 0 aliphatic carbocycles. The molecule has 42 heavy (non-hydrogen) atoms. The first-order valence-electron chi connectivity index (χ1n) is 14.5. The van der Waals surface area contributed by atoms with Gasteiger partial charge in [0.15, 0.2) is 0 Å². The van der Waals surface area contributed by atoms with Crippen molar-refractivity contribution in [2.45, 2.75) is 0 Å². The standard InChI is InChI=1S/C33H39N5O4/c1-41-31-10-6-5-9-30(31)38-19-17-37(18-20-38)29-13-12-27(35-32(39)14-11-26-7-3-2-4-8-26)25-28(29)33(40)34-15-16-36-21-23-42-24-22-36/h2-14,25H,15-24H2,1H3,(H,34,40)(H,35,39). The average molecular weight is 570 g/mol. The van der Waals surface area contributed by atoms with Gasteiger partial charge in [0.05, 0.1) is 31.6 Å². The van der Waals surface area contributed by atoms with Crippen LogP contribution >= 0.6 is 0 Å². The van der Waals surface area contributed by atoms with E-state index in [9.17, 15) is 9.59 Å². The van der Waals surface area contributed by atoms with E-state index < -0.39 is 0 Å². The van der Waals surface area contributed by atoms with Gasteiger partial charge < -0.3 is 29.9 Å². The molecule has 220 valence electrons. The Morgan fingerprint density at radius 2 is 1.55 bits per heavy atom. The van der Waals surface area contributed by atoms with Crippen molar-refractivity contribution >= 4 is 35.0 Å². The molecule has 2 N–H and O–H groups in total. The Hall–Kier alpha value is -4.34. The molecule has 0 spiro atoms. The lowest BCUT2D eigenvalue weighted by Crippen LogP contribution is -2.47. The number of nitrogens with zero attached hydrogens (tertiary/aromatic N) is 3. The zero-order valence-corrected chi connectivity index (χ0v) is 24.1. The van der Waals surface area contributed by atoms with E-state index in [1.165, 1.54) is 6.08 Å². The molecule has 2 saturated heterocycles. The van der Waals surface area contributed by atoms with Gasteiger partial charge in [-0.25, -0.2) is 0 Å². The monoisotopic (exact) mass is 569 g/mol. The molecular weight excluding hydrogens is 530 g/mol. The second-order valence-electron chi connectivity index (χ2n) is 10.3. The normalized spacial score (nSPS) is 15.9. The Balaban J connectivity index is 1.29. The fourth-order valence-electron chi connectivity index (χ4n) is 5.32. The molecule has 2 aliphatic rings. The van der Waals surface area contributed by atoms with Crippen molar-refractivity contribution in [2.75, 3.05) is 87.8 Å². The van der Waals surface area contributed by atoms with Gasteiger partial charge >= 0.3 is 0 Å². The van der Waals surface area contributed by atoms with Gasteiger partial charge in [-0.2, -0.15) is 0 Å². The zero-order valence-electron chi connectivity index (χ0n) is 24.1. The topological polar surface area (TPSA) is 86.4 Å². The highest BCUT2D eigenvalue weighted by Gasteiger charge is 2.24. The Kier molecular flexibility index (Phi) is 10.1. The second-order valence-corrected chi connectivity index (χ2v) is 10.3. The number of para-hydroxylation sites is 2. The van der Waals surface area contributed by atoms with Crippen LogP contribution in [0.15, 0.2) is 78.9 Å². The summed E-state index contributed by atoms with van der Waals surface area (Å²) in [5, 5.41) is 6.02. The van der Waals surface area contributed by atoms with Crippen LogP contribution in [-0.2, 0) is 9.53 Å². The van der Waals surface area contributed by atoms with Gasteiger partial charge in [-0.05, 0) is 42.0 Å². The summed E-state index contributed by atoms with van der Waals surface area (Å²) >= 11 is 0. The summed E-state index contributed by atoms with van der Waals surface area (Å²) in [6, 6.07) is 23.3. The van der Waals surface area contributed by atoms with Crippen LogP contribution in [0.3, 0.4) is 0 Å². The molecule has 2 amide bonds. The third-order valence-electron chi connectivity index (χ3n) is 7.60. The van der Waals surface area contributed by atoms with Crippen molar-refractivity contribution in [2.24, 2.45) is 0 Å². The van der Waals surface area contributed by atoms with Gasteiger partial charge in [0, 0.05) is 69.8 Å². The predicted molar refractivity (Wildman–Crippen MR) is 168 cm³/mol. The SMILES string of the molecule is COc1ccccc1N1CCN(c2ccc(NC(=O)C=Cc3ccccc3)cc2C(=O)NCCN2CCOCC2)CC1. The molecule has 9 nitrogen and oxygen atoms in total. The maximum atomic E-state index is 13.5. The average Bonchev–Trinajstić information content (AvgIpc) is 3.05. The van der Waals surface area contributed by atoms with Crippen molar-refractivity contribution in [3.63, 3.8) is 0 Å². The number of ether oxygens (including phenoxy) is 2. The van der Waals surface area contributed by atoms with Gasteiger partial charge in [-0.3, -0.25) is 14.5 Å². The fourth-order valence-corrected chi connectivity index (χ4v) is 5.32. The lowest BCUT2D eigenvalue weighted by atomic mass is 10.1. The van der Waals surface area contributed by atoms with Crippen LogP contribution in [0.2, 0.25) is 0 Å². The van der Waals surface area contributed by atoms with Crippen LogP contribution in [0.4, 0.5) is 17.1 Å². The van der Waals surface area contributed by atoms with Crippen LogP contribution in [0.5, 0.6) is 5.75 Å². The minimum atomic E-state index is -0.254. The van der Waals surface area contributed by atoms with Gasteiger partial charge in [0.25, 0.3) is 5.91 Å². The predicted octanol–water partition coefficient (Wildman–Crippen LogP) is 3.74. The molecule has 9 heteroatoms. The van der Waals surface area contributed by atoms with Gasteiger partial charge in [-0.15, -0.1) is 0 Å². The number of hydrogen-bond acceptors (Lipinski definition) is 7. The molecular formula is C33H39N5O4. The van der Waals surface area contributed by atoms with Crippen molar-refractivity contribution in [1.29, 1.82) is 0 Å². The molecule has 2 heterocycles. The third-order valence-corrected chi connectivity index (χ3v) is 7.60. The first-order valence-corrected chi connectivity index (χ1v) is 14.5. The third kappa shape index (κ3) is 7.69. The number of morpholine rings is 1. The number of nitrogens with one attached hydrogen (secondary N) is 2. The lowest BCUT2D eigenvalue weighted by Gasteiger charge is -2.38. The maximum absolute atomic E-state index is 13.5. The van der Waals surface area contributed by atoms with Crippen LogP contribution in [0.1, 0.15) is 15.9 Å². The number of hydrogen-bond donors (Lipinski definition) is 2. The molecule has 0 atom stereocenters. The van der Waals surface area contributed by atoms with Crippen LogP contribution in [0, 0.1) is 0 Å². The number of carbonyl (C=O) groups is 2. The van der Waals surface area contributed by atoms with Crippen molar-refractivity contribution in [3.8, 4) is 5.75 Å². The number of benzene rings is 3. The molecule has 0 unspecified atom stereocenters. The summed E-state index contributed by atoms with van der Waals surface area (Å²) in [6.07, 6.45) is 3.27. The van der Waals surface area contributed by atoms with Gasteiger partial charge in [-0.1, -0.05) is 42.5 Å². The summed E-state index contributed by atoms with van der Waals surface area (Å²) < 4.78 is 11.0. The Morgan fingerprint density at radius 1 is 0.857 bits per heavy atom. The minimum absolute atomic E-state index is 0.152. The van der Waals surface area contributed by atoms with E-state index in [-0.39, 0.29) is 11.8 Å². The molecule has 0 saturated carbocycles. The largest absolute Gasteiger partial charge is 0.495 e. The lowest BCUT2D eigenvalue weighted by molar-refractivity contribution is -0.111. The summed E-state index contributed by atoms with van der Waals surface area (Å²) in [5.41, 5.74) is 3.99. The molecule has 5 rings (SSSR count). The quantitative estimate of drug-likeness (QED) is 0.360. The molecule has 2 fully saturated rings. The highest BCUT2D eigenvalue weighted by atomic mass is 16.5. The van der Waals surface area contributed by atoms with E-state index in [4.69, 9.17) is 9.47 Å². The fraction of sp³-hybridized carbons (Fsp3) is 0.333. The van der Waals surface area contributed by atoms with E-state index in [2.05, 4.69) is 31.4 Å². The number of amides is 2. The number of methoxy groups -OCH3 is 1. The first kappa shape index (κ1) is 29.2. The summed E-state index contributed by atoms with van der Waals surface area (Å²) in [5.74, 6) is 0.449. The van der Waals surface area contributed by atoms with Crippen molar-refractivity contribution in [3.05, 3.63) is 90.0 Å². The van der Waals surface area contributed by atoms with Crippen LogP contribution in [-0.4, -0.2) is 89.4 Å². The molecule has 3 aromatic carbocycles. The molecule has 0 radical (unpaired) electrons. The van der Waals surface area contributed by atoms with Gasteiger partial charge in [0.2, 0.25) is 5.91 Å². The number of carbonyl (C=O) groups excluding carboxylic acids is 2. The van der Waals surface area contributed by atoms with Crippen molar-refractivity contribution < 1.29 is 19.1 Å². The number of rotatable bonds is 10. The summed E-state index contributed by atoms with van der Waals surface area (Å²) in [4.78, 5) is 33.1. The second kappa shape index (κ2) is 14.5. The smallest absolute Gasteiger partial charge is 0.253 e. The van der Waals surface area contributed by atoms with E-state index in [1.54, 1.807) is 19.3 Å². The Labute approximate surface area is 247 Å². The summed E-state index contributed by atoms with van der Waals surface area (Å²) in [7, 11) is 1.69. The Morgan fingerprint density at radius 3 is 2.29 bits per heavy atom. The molecule has 2 aliphatic heterocycles. The maximum Gasteiger partial charge on any atom is 0.253 e. The molecule has 0 aromatic heterocycles. The Bertz CT molecular complexity index is 1370. The van der Waals surface area contributed by atoms with Crippen LogP contribution < -0.4 is 25.2 Å². The highest BCUT2D eigenvalue weighted by molar-refractivity contribution is 6.05. The zero-order chi connectivity index (χ0) is 29.1. The van der Waals surface area contributed by atoms with E-state index in [0.717, 1.165) is 81.7 Å². The van der Waals surface area contributed by atoms with Gasteiger partial charge in [0.1, 0.15) is 5.75 Å². The van der Waals surface area contributed by atoms with E-state index >= 15 is 0 Å². The van der Waals surface area contributed by atoms with E-state index in [1.807, 2.05) is 60.7 Å². The molecule has 0 bridgehead atoms. The summed E-state index contributed by atoms with van der Waals surface area (Å²) in [6.45, 7) is 7.57. The van der Waals surface area contributed by atoms with Crippen molar-refractivity contribution in [1.82, 2.24) is 10.2 Å². The molecule has 3 aromatic rings. The number of anilines is 3. The first-order chi connectivity index (χ1) is 20.6.